The van der Waals surface area contributed by atoms with Gasteiger partial charge in [-0.25, -0.2) is 0 Å². The van der Waals surface area contributed by atoms with Crippen LogP contribution < -0.4 is 5.32 Å². The molecule has 0 heterocycles. The fourth-order valence-electron chi connectivity index (χ4n) is 1.13. The van der Waals surface area contributed by atoms with Gasteiger partial charge in [-0.15, -0.1) is 0 Å². The van der Waals surface area contributed by atoms with E-state index in [1.54, 1.807) is 0 Å². The minimum atomic E-state index is -0.0967. The number of allylic oxidation sites excluding steroid dienone is 1. The quantitative estimate of drug-likeness (QED) is 0.597. The van der Waals surface area contributed by atoms with Crippen LogP contribution in [0.1, 0.15) is 26.7 Å². The van der Waals surface area contributed by atoms with Crippen molar-refractivity contribution in [3.8, 4) is 0 Å². The molecule has 1 aliphatic carbocycles. The summed E-state index contributed by atoms with van der Waals surface area (Å²) in [6.45, 7) is 5.06. The third-order valence-corrected chi connectivity index (χ3v) is 2.13. The van der Waals surface area contributed by atoms with Gasteiger partial charge in [0.25, 0.3) is 0 Å². The fourth-order valence-corrected chi connectivity index (χ4v) is 1.13. The van der Waals surface area contributed by atoms with E-state index < -0.39 is 0 Å². The highest BCUT2D eigenvalue weighted by Gasteiger charge is 2.27. The molecule has 0 unspecified atom stereocenters. The van der Waals surface area contributed by atoms with Gasteiger partial charge < -0.3 is 10.4 Å². The average molecular weight is 155 g/mol. The lowest BCUT2D eigenvalue weighted by atomic mass is 9.89. The highest BCUT2D eigenvalue weighted by molar-refractivity contribution is 4.96. The molecule has 2 atom stereocenters. The highest BCUT2D eigenvalue weighted by atomic mass is 16.3. The second-order valence-electron chi connectivity index (χ2n) is 3.44. The maximum atomic E-state index is 9.19. The van der Waals surface area contributed by atoms with Gasteiger partial charge in [0.15, 0.2) is 0 Å². The molecule has 1 fully saturated rings. The summed E-state index contributed by atoms with van der Waals surface area (Å²) in [6.07, 6.45) is 4.13. The van der Waals surface area contributed by atoms with Crippen LogP contribution in [0.5, 0.6) is 0 Å². The van der Waals surface area contributed by atoms with Crippen molar-refractivity contribution in [2.45, 2.75) is 38.8 Å². The summed E-state index contributed by atoms with van der Waals surface area (Å²) in [5, 5.41) is 12.5. The molecule has 0 aromatic carbocycles. The van der Waals surface area contributed by atoms with Crippen molar-refractivity contribution in [2.75, 3.05) is 6.54 Å². The average Bonchev–Trinajstić information content (AvgIpc) is 1.94. The molecule has 1 saturated carbocycles. The molecule has 0 aliphatic heterocycles. The summed E-state index contributed by atoms with van der Waals surface area (Å²) >= 11 is 0. The molecule has 1 aliphatic rings. The van der Waals surface area contributed by atoms with Crippen molar-refractivity contribution < 1.29 is 5.11 Å². The van der Waals surface area contributed by atoms with Gasteiger partial charge in [-0.3, -0.25) is 0 Å². The largest absolute Gasteiger partial charge is 0.392 e. The molecule has 0 amide bonds. The van der Waals surface area contributed by atoms with Crippen molar-refractivity contribution in [2.24, 2.45) is 0 Å². The molecule has 64 valence electrons. The molecule has 0 bridgehead atoms. The number of aliphatic hydroxyl groups excluding tert-OH is 1. The van der Waals surface area contributed by atoms with E-state index in [4.69, 9.17) is 0 Å². The van der Waals surface area contributed by atoms with Crippen LogP contribution in [-0.4, -0.2) is 23.8 Å². The van der Waals surface area contributed by atoms with Crippen molar-refractivity contribution in [3.63, 3.8) is 0 Å². The second-order valence-corrected chi connectivity index (χ2v) is 3.44. The molecule has 2 heteroatoms. The summed E-state index contributed by atoms with van der Waals surface area (Å²) in [7, 11) is 0. The molecule has 1 rings (SSSR count). The third-order valence-electron chi connectivity index (χ3n) is 2.13. The number of nitrogens with one attached hydrogen (secondary N) is 1. The van der Waals surface area contributed by atoms with E-state index in [0.717, 1.165) is 19.4 Å². The van der Waals surface area contributed by atoms with E-state index in [9.17, 15) is 5.11 Å². The zero-order chi connectivity index (χ0) is 8.27. The summed E-state index contributed by atoms with van der Waals surface area (Å²) in [5.41, 5.74) is 1.33. The van der Waals surface area contributed by atoms with Crippen LogP contribution >= 0.6 is 0 Å². The van der Waals surface area contributed by atoms with E-state index in [1.807, 2.05) is 0 Å². The fraction of sp³-hybridized carbons (Fsp3) is 0.778. The first-order chi connectivity index (χ1) is 5.20. The van der Waals surface area contributed by atoms with E-state index in [1.165, 1.54) is 5.57 Å². The minimum Gasteiger partial charge on any atom is -0.392 e. The Kier molecular flexibility index (Phi) is 3.09. The monoisotopic (exact) mass is 155 g/mol. The van der Waals surface area contributed by atoms with Gasteiger partial charge in [-0.2, -0.15) is 0 Å². The van der Waals surface area contributed by atoms with Gasteiger partial charge in [0.1, 0.15) is 0 Å². The summed E-state index contributed by atoms with van der Waals surface area (Å²) in [5.74, 6) is 0. The van der Waals surface area contributed by atoms with E-state index in [-0.39, 0.29) is 6.10 Å². The maximum Gasteiger partial charge on any atom is 0.0693 e. The van der Waals surface area contributed by atoms with Crippen LogP contribution in [-0.2, 0) is 0 Å². The lowest BCUT2D eigenvalue weighted by Gasteiger charge is -2.32. The smallest absolute Gasteiger partial charge is 0.0693 e. The second kappa shape index (κ2) is 3.88. The number of rotatable bonds is 3. The lowest BCUT2D eigenvalue weighted by molar-refractivity contribution is 0.0520. The van der Waals surface area contributed by atoms with Crippen molar-refractivity contribution in [1.29, 1.82) is 0 Å². The number of hydrogen-bond acceptors (Lipinski definition) is 2. The van der Waals surface area contributed by atoms with Crippen molar-refractivity contribution in [3.05, 3.63) is 11.6 Å². The first kappa shape index (κ1) is 8.75. The van der Waals surface area contributed by atoms with E-state index in [0.29, 0.717) is 6.04 Å². The third kappa shape index (κ3) is 2.64. The Morgan fingerprint density at radius 2 is 2.27 bits per heavy atom. The van der Waals surface area contributed by atoms with Gasteiger partial charge in [0.05, 0.1) is 6.10 Å². The maximum absolute atomic E-state index is 9.19. The zero-order valence-corrected chi connectivity index (χ0v) is 7.30. The Hall–Kier alpha value is -0.340. The topological polar surface area (TPSA) is 32.3 Å². The molecular weight excluding hydrogens is 138 g/mol. The van der Waals surface area contributed by atoms with Gasteiger partial charge in [0, 0.05) is 12.6 Å². The Balaban J connectivity index is 2.08. The summed E-state index contributed by atoms with van der Waals surface area (Å²) in [4.78, 5) is 0. The van der Waals surface area contributed by atoms with Gasteiger partial charge in [-0.05, 0) is 26.7 Å². The standard InChI is InChI=1S/C9H17NO/c1-7(2)5-6-10-8-3-4-9(8)11/h5,8-11H,3-4,6H2,1-2H3/t8-,9-/m1/s1. The van der Waals surface area contributed by atoms with E-state index in [2.05, 4.69) is 25.2 Å². The van der Waals surface area contributed by atoms with Gasteiger partial charge in [0.2, 0.25) is 0 Å². The Morgan fingerprint density at radius 3 is 2.64 bits per heavy atom. The van der Waals surface area contributed by atoms with Crippen LogP contribution in [0.4, 0.5) is 0 Å². The summed E-state index contributed by atoms with van der Waals surface area (Å²) < 4.78 is 0. The first-order valence-corrected chi connectivity index (χ1v) is 4.25. The van der Waals surface area contributed by atoms with Crippen LogP contribution in [0.3, 0.4) is 0 Å². The van der Waals surface area contributed by atoms with Crippen LogP contribution in [0.25, 0.3) is 0 Å². The SMILES string of the molecule is CC(C)=CCN[C@@H]1CC[C@H]1O. The van der Waals surface area contributed by atoms with Gasteiger partial charge >= 0.3 is 0 Å². The van der Waals surface area contributed by atoms with Crippen LogP contribution in [0.2, 0.25) is 0 Å². The first-order valence-electron chi connectivity index (χ1n) is 4.25. The molecule has 0 saturated heterocycles. The Bertz CT molecular complexity index is 150. The lowest BCUT2D eigenvalue weighted by Crippen LogP contribution is -2.47. The van der Waals surface area contributed by atoms with Crippen molar-refractivity contribution in [1.82, 2.24) is 5.32 Å². The normalized spacial score (nSPS) is 29.4. The number of aliphatic hydroxyl groups is 1. The minimum absolute atomic E-state index is 0.0967. The molecule has 0 radical (unpaired) electrons. The summed E-state index contributed by atoms with van der Waals surface area (Å²) in [6, 6.07) is 0.352. The molecule has 0 spiro atoms. The van der Waals surface area contributed by atoms with E-state index >= 15 is 0 Å². The van der Waals surface area contributed by atoms with Crippen LogP contribution in [0.15, 0.2) is 11.6 Å². The molecule has 2 nitrogen and oxygen atoms in total. The molecular formula is C9H17NO. The Labute approximate surface area is 68.3 Å². The zero-order valence-electron chi connectivity index (χ0n) is 7.30. The predicted molar refractivity (Wildman–Crippen MR) is 46.5 cm³/mol. The van der Waals surface area contributed by atoms with Crippen LogP contribution in [0, 0.1) is 0 Å². The molecule has 0 aromatic heterocycles. The molecule has 11 heavy (non-hydrogen) atoms. The highest BCUT2D eigenvalue weighted by Crippen LogP contribution is 2.18. The number of hydrogen-bond donors (Lipinski definition) is 2. The van der Waals surface area contributed by atoms with Crippen molar-refractivity contribution >= 4 is 0 Å². The molecule has 2 N–H and O–H groups in total. The Morgan fingerprint density at radius 1 is 1.55 bits per heavy atom. The van der Waals surface area contributed by atoms with Gasteiger partial charge in [-0.1, -0.05) is 11.6 Å². The predicted octanol–water partition coefficient (Wildman–Crippen LogP) is 1.07. The molecule has 0 aromatic rings.